The van der Waals surface area contributed by atoms with E-state index in [1.807, 2.05) is 29.8 Å². The largest absolute Gasteiger partial charge is 0.493 e. The Kier molecular flexibility index (Phi) is 5.33. The van der Waals surface area contributed by atoms with E-state index in [4.69, 9.17) is 15.2 Å². The van der Waals surface area contributed by atoms with Gasteiger partial charge in [-0.2, -0.15) is 5.10 Å². The van der Waals surface area contributed by atoms with Gasteiger partial charge in [-0.25, -0.2) is 0 Å². The number of benzene rings is 2. The fourth-order valence-corrected chi connectivity index (χ4v) is 3.33. The fraction of sp³-hybridized carbons (Fsp3) is 0.167. The van der Waals surface area contributed by atoms with E-state index in [0.29, 0.717) is 11.5 Å². The minimum atomic E-state index is -0.548. The molecule has 2 aromatic carbocycles. The van der Waals surface area contributed by atoms with Gasteiger partial charge < -0.3 is 19.8 Å². The van der Waals surface area contributed by atoms with Crippen molar-refractivity contribution in [1.29, 1.82) is 0 Å². The number of thiazole rings is 1. The van der Waals surface area contributed by atoms with Crippen molar-refractivity contribution in [3.63, 3.8) is 0 Å². The molecule has 0 atom stereocenters. The van der Waals surface area contributed by atoms with Crippen LogP contribution in [0, 0.1) is 0 Å². The Morgan fingerprint density at radius 2 is 2.08 bits per heavy atom. The van der Waals surface area contributed by atoms with Crippen LogP contribution in [0.3, 0.4) is 0 Å². The number of primary amides is 1. The number of hydrogen-bond donors (Lipinski definition) is 1. The Labute approximate surface area is 154 Å². The molecule has 0 bridgehead atoms. The summed E-state index contributed by atoms with van der Waals surface area (Å²) in [5.74, 6) is 0.381. The van der Waals surface area contributed by atoms with Crippen LogP contribution < -0.4 is 20.0 Å². The van der Waals surface area contributed by atoms with E-state index in [0.717, 1.165) is 20.6 Å². The van der Waals surface area contributed by atoms with E-state index in [2.05, 4.69) is 16.3 Å². The molecule has 1 amide bonds. The predicted octanol–water partition coefficient (Wildman–Crippen LogP) is 2.05. The molecule has 0 aliphatic carbocycles. The molecule has 0 radical (unpaired) electrons. The van der Waals surface area contributed by atoms with Gasteiger partial charge in [0, 0.05) is 7.05 Å². The Morgan fingerprint density at radius 3 is 2.81 bits per heavy atom. The lowest BCUT2D eigenvalue weighted by molar-refractivity contribution is -0.119. The topological polar surface area (TPSA) is 91.2 Å². The average molecular weight is 370 g/mol. The standard InChI is InChI=1S/C18H18N4O3S/c1-22-13-5-3-4-6-16(13)26-18(22)21-20-10-12-7-8-14(15(9-12)24-2)25-11-17(19)23/h3-10H,11H2,1-2H3,(H2,19,23)/b20-10+,21-18-. The number of carbonyl (C=O) groups is 1. The minimum Gasteiger partial charge on any atom is -0.493 e. The van der Waals surface area contributed by atoms with E-state index in [9.17, 15) is 4.79 Å². The molecule has 1 heterocycles. The summed E-state index contributed by atoms with van der Waals surface area (Å²) in [6, 6.07) is 13.3. The Balaban J connectivity index is 1.83. The SMILES string of the molecule is COc1cc(/C=N/N=c2\sc3ccccc3n2C)ccc1OCC(N)=O. The first-order valence-corrected chi connectivity index (χ1v) is 8.61. The van der Waals surface area contributed by atoms with Crippen LogP contribution in [0.5, 0.6) is 11.5 Å². The number of carbonyl (C=O) groups excluding carboxylic acids is 1. The van der Waals surface area contributed by atoms with Crippen LogP contribution in [0.25, 0.3) is 10.2 Å². The number of rotatable bonds is 6. The molecule has 3 rings (SSSR count). The maximum atomic E-state index is 10.8. The molecule has 0 saturated heterocycles. The van der Waals surface area contributed by atoms with Crippen molar-refractivity contribution >= 4 is 33.7 Å². The van der Waals surface area contributed by atoms with Crippen molar-refractivity contribution in [2.45, 2.75) is 0 Å². The molecule has 8 heteroatoms. The number of nitrogens with zero attached hydrogens (tertiary/aromatic N) is 3. The van der Waals surface area contributed by atoms with Gasteiger partial charge in [-0.05, 0) is 35.9 Å². The van der Waals surface area contributed by atoms with Crippen LogP contribution >= 0.6 is 11.3 Å². The molecule has 0 spiro atoms. The zero-order valence-corrected chi connectivity index (χ0v) is 15.2. The van der Waals surface area contributed by atoms with Crippen LogP contribution in [0.1, 0.15) is 5.56 Å². The predicted molar refractivity (Wildman–Crippen MR) is 102 cm³/mol. The third-order valence-corrected chi connectivity index (χ3v) is 4.73. The summed E-state index contributed by atoms with van der Waals surface area (Å²) in [6.45, 7) is -0.207. The highest BCUT2D eigenvalue weighted by Gasteiger charge is 2.06. The molecule has 0 aliphatic rings. The van der Waals surface area contributed by atoms with E-state index in [-0.39, 0.29) is 6.61 Å². The van der Waals surface area contributed by atoms with Gasteiger partial charge in [0.15, 0.2) is 18.1 Å². The molecule has 1 aromatic heterocycles. The first-order valence-electron chi connectivity index (χ1n) is 7.79. The highest BCUT2D eigenvalue weighted by molar-refractivity contribution is 7.16. The summed E-state index contributed by atoms with van der Waals surface area (Å²) in [5, 5.41) is 8.46. The summed E-state index contributed by atoms with van der Waals surface area (Å²) >= 11 is 1.57. The second-order valence-electron chi connectivity index (χ2n) is 5.42. The minimum absolute atomic E-state index is 0.207. The van der Waals surface area contributed by atoms with Crippen molar-refractivity contribution in [2.75, 3.05) is 13.7 Å². The molecule has 134 valence electrons. The number of para-hydroxylation sites is 1. The fourth-order valence-electron chi connectivity index (χ4n) is 2.36. The normalized spacial score (nSPS) is 12.0. The zero-order chi connectivity index (χ0) is 18.5. The lowest BCUT2D eigenvalue weighted by Gasteiger charge is -2.09. The van der Waals surface area contributed by atoms with Gasteiger partial charge in [0.05, 0.1) is 23.5 Å². The van der Waals surface area contributed by atoms with Crippen LogP contribution in [0.2, 0.25) is 0 Å². The second-order valence-corrected chi connectivity index (χ2v) is 6.43. The number of fused-ring (bicyclic) bond motifs is 1. The van der Waals surface area contributed by atoms with Crippen LogP contribution in [0.4, 0.5) is 0 Å². The van der Waals surface area contributed by atoms with Crippen molar-refractivity contribution in [2.24, 2.45) is 23.0 Å². The molecular formula is C18H18N4O3S. The van der Waals surface area contributed by atoms with Gasteiger partial charge in [0.1, 0.15) is 0 Å². The van der Waals surface area contributed by atoms with Crippen LogP contribution in [-0.2, 0) is 11.8 Å². The van der Waals surface area contributed by atoms with E-state index >= 15 is 0 Å². The van der Waals surface area contributed by atoms with E-state index < -0.39 is 5.91 Å². The average Bonchev–Trinajstić information content (AvgIpc) is 2.96. The molecule has 2 N–H and O–H groups in total. The lowest BCUT2D eigenvalue weighted by Crippen LogP contribution is -2.20. The molecule has 0 unspecified atom stereocenters. The molecular weight excluding hydrogens is 352 g/mol. The number of methoxy groups -OCH3 is 1. The maximum absolute atomic E-state index is 10.8. The maximum Gasteiger partial charge on any atom is 0.255 e. The van der Waals surface area contributed by atoms with Crippen molar-refractivity contribution in [3.8, 4) is 11.5 Å². The van der Waals surface area contributed by atoms with Crippen molar-refractivity contribution < 1.29 is 14.3 Å². The van der Waals surface area contributed by atoms with Gasteiger partial charge in [0.25, 0.3) is 5.91 Å². The first kappa shape index (κ1) is 17.7. The smallest absolute Gasteiger partial charge is 0.255 e. The lowest BCUT2D eigenvalue weighted by atomic mass is 10.2. The summed E-state index contributed by atoms with van der Waals surface area (Å²) in [5.41, 5.74) is 6.99. The zero-order valence-electron chi connectivity index (χ0n) is 14.4. The van der Waals surface area contributed by atoms with Gasteiger partial charge in [-0.1, -0.05) is 23.5 Å². The Bertz CT molecular complexity index is 1040. The highest BCUT2D eigenvalue weighted by Crippen LogP contribution is 2.27. The molecule has 7 nitrogen and oxygen atoms in total. The molecule has 26 heavy (non-hydrogen) atoms. The summed E-state index contributed by atoms with van der Waals surface area (Å²) in [4.78, 5) is 11.6. The first-order chi connectivity index (χ1) is 12.6. The van der Waals surface area contributed by atoms with E-state index in [1.165, 1.54) is 7.11 Å². The molecule has 0 fully saturated rings. The van der Waals surface area contributed by atoms with Crippen LogP contribution in [-0.4, -0.2) is 30.4 Å². The third-order valence-electron chi connectivity index (χ3n) is 3.62. The quantitative estimate of drug-likeness (QED) is 0.532. The Hall–Kier alpha value is -3.13. The highest BCUT2D eigenvalue weighted by atomic mass is 32.1. The van der Waals surface area contributed by atoms with Gasteiger partial charge in [0.2, 0.25) is 4.80 Å². The van der Waals surface area contributed by atoms with Gasteiger partial charge in [-0.15, -0.1) is 5.10 Å². The molecule has 3 aromatic rings. The third kappa shape index (κ3) is 3.92. The van der Waals surface area contributed by atoms with Crippen molar-refractivity contribution in [1.82, 2.24) is 4.57 Å². The van der Waals surface area contributed by atoms with Gasteiger partial charge in [-0.3, -0.25) is 4.79 Å². The Morgan fingerprint density at radius 1 is 1.27 bits per heavy atom. The number of aromatic nitrogens is 1. The molecule has 0 aliphatic heterocycles. The number of ether oxygens (including phenoxy) is 2. The summed E-state index contributed by atoms with van der Waals surface area (Å²) in [6.07, 6.45) is 1.63. The molecule has 0 saturated carbocycles. The summed E-state index contributed by atoms with van der Waals surface area (Å²) < 4.78 is 13.7. The van der Waals surface area contributed by atoms with E-state index in [1.54, 1.807) is 35.8 Å². The van der Waals surface area contributed by atoms with Crippen molar-refractivity contribution in [3.05, 3.63) is 52.8 Å². The monoisotopic (exact) mass is 370 g/mol. The second kappa shape index (κ2) is 7.83. The number of nitrogens with two attached hydrogens (primary N) is 1. The van der Waals surface area contributed by atoms with Gasteiger partial charge >= 0.3 is 0 Å². The number of amides is 1. The number of hydrogen-bond acceptors (Lipinski definition) is 6. The number of aryl methyl sites for hydroxylation is 1. The summed E-state index contributed by atoms with van der Waals surface area (Å²) in [7, 11) is 3.48. The van der Waals surface area contributed by atoms with Crippen LogP contribution in [0.15, 0.2) is 52.7 Å².